The summed E-state index contributed by atoms with van der Waals surface area (Å²) >= 11 is 0. The maximum absolute atomic E-state index is 13.1. The number of methoxy groups -OCH3 is 1. The van der Waals surface area contributed by atoms with Gasteiger partial charge >= 0.3 is 6.09 Å². The number of rotatable bonds is 6. The molecular formula is C22H28N2O4. The van der Waals surface area contributed by atoms with Crippen LogP contribution in [-0.2, 0) is 16.0 Å². The number of anilines is 1. The second kappa shape index (κ2) is 9.26. The van der Waals surface area contributed by atoms with Crippen molar-refractivity contribution < 1.29 is 19.1 Å². The fraction of sp³-hybridized carbons (Fsp3) is 0.364. The van der Waals surface area contributed by atoms with Crippen LogP contribution < -0.4 is 15.0 Å². The summed E-state index contributed by atoms with van der Waals surface area (Å²) in [5.74, 6) is 0.393. The Kier molecular flexibility index (Phi) is 7.04. The van der Waals surface area contributed by atoms with Crippen LogP contribution in [0.3, 0.4) is 0 Å². The first-order valence-corrected chi connectivity index (χ1v) is 9.14. The number of ether oxygens (including phenoxy) is 2. The van der Waals surface area contributed by atoms with E-state index in [9.17, 15) is 9.59 Å². The summed E-state index contributed by atoms with van der Waals surface area (Å²) < 4.78 is 10.7. The predicted molar refractivity (Wildman–Crippen MR) is 110 cm³/mol. The number of nitrogens with zero attached hydrogens (tertiary/aromatic N) is 1. The number of hydrogen-bond acceptors (Lipinski definition) is 4. The van der Waals surface area contributed by atoms with Crippen molar-refractivity contribution in [1.82, 2.24) is 5.32 Å². The van der Waals surface area contributed by atoms with E-state index in [4.69, 9.17) is 9.47 Å². The van der Waals surface area contributed by atoms with Crippen LogP contribution in [0, 0.1) is 0 Å². The molecule has 0 fully saturated rings. The van der Waals surface area contributed by atoms with Crippen LogP contribution in [0.1, 0.15) is 26.3 Å². The number of alkyl carbamates (subject to hydrolysis) is 1. The van der Waals surface area contributed by atoms with Crippen molar-refractivity contribution in [2.24, 2.45) is 0 Å². The molecule has 0 aliphatic heterocycles. The highest BCUT2D eigenvalue weighted by atomic mass is 16.6. The van der Waals surface area contributed by atoms with Gasteiger partial charge in [0.15, 0.2) is 6.10 Å². The van der Waals surface area contributed by atoms with Gasteiger partial charge in [0.25, 0.3) is 5.91 Å². The van der Waals surface area contributed by atoms with Crippen LogP contribution in [0.2, 0.25) is 0 Å². The third-order valence-corrected chi connectivity index (χ3v) is 4.06. The molecule has 2 aromatic rings. The van der Waals surface area contributed by atoms with Crippen LogP contribution in [0.5, 0.6) is 5.75 Å². The molecule has 2 rings (SSSR count). The largest absolute Gasteiger partial charge is 0.497 e. The predicted octanol–water partition coefficient (Wildman–Crippen LogP) is 3.79. The lowest BCUT2D eigenvalue weighted by Crippen LogP contribution is -2.46. The van der Waals surface area contributed by atoms with Gasteiger partial charge in [-0.1, -0.05) is 30.3 Å². The first-order valence-electron chi connectivity index (χ1n) is 9.14. The summed E-state index contributed by atoms with van der Waals surface area (Å²) in [7, 11) is 3.24. The average molecular weight is 384 g/mol. The first kappa shape index (κ1) is 21.3. The lowest BCUT2D eigenvalue weighted by atomic mass is 10.1. The maximum atomic E-state index is 13.1. The van der Waals surface area contributed by atoms with E-state index in [2.05, 4.69) is 5.32 Å². The minimum absolute atomic E-state index is 0.289. The van der Waals surface area contributed by atoms with Crippen LogP contribution >= 0.6 is 0 Å². The van der Waals surface area contributed by atoms with E-state index in [0.717, 1.165) is 5.56 Å². The van der Waals surface area contributed by atoms with Gasteiger partial charge in [0.2, 0.25) is 0 Å². The minimum Gasteiger partial charge on any atom is -0.497 e. The fourth-order valence-electron chi connectivity index (χ4n) is 2.62. The van der Waals surface area contributed by atoms with Gasteiger partial charge in [-0.25, -0.2) is 4.79 Å². The molecule has 0 saturated carbocycles. The van der Waals surface area contributed by atoms with Crippen molar-refractivity contribution >= 4 is 17.7 Å². The second-order valence-electron chi connectivity index (χ2n) is 7.55. The monoisotopic (exact) mass is 384 g/mol. The Morgan fingerprint density at radius 2 is 1.64 bits per heavy atom. The van der Waals surface area contributed by atoms with Gasteiger partial charge in [-0.15, -0.1) is 0 Å². The zero-order chi connectivity index (χ0) is 20.7. The van der Waals surface area contributed by atoms with Gasteiger partial charge in [-0.3, -0.25) is 4.79 Å². The maximum Gasteiger partial charge on any atom is 0.408 e. The number of carbonyl (C=O) groups is 2. The molecule has 0 unspecified atom stereocenters. The van der Waals surface area contributed by atoms with Crippen molar-refractivity contribution in [1.29, 1.82) is 0 Å². The molecule has 0 aliphatic carbocycles. The lowest BCUT2D eigenvalue weighted by molar-refractivity contribution is -0.126. The van der Waals surface area contributed by atoms with E-state index >= 15 is 0 Å². The molecule has 0 radical (unpaired) electrons. The van der Waals surface area contributed by atoms with E-state index in [1.807, 2.05) is 51.1 Å². The van der Waals surface area contributed by atoms with E-state index < -0.39 is 17.7 Å². The van der Waals surface area contributed by atoms with Gasteiger partial charge in [0.05, 0.1) is 7.11 Å². The molecule has 0 heterocycles. The molecule has 6 nitrogen and oxygen atoms in total. The van der Waals surface area contributed by atoms with Crippen LogP contribution in [0.25, 0.3) is 0 Å². The highest BCUT2D eigenvalue weighted by Gasteiger charge is 2.28. The summed E-state index contributed by atoms with van der Waals surface area (Å²) in [6.07, 6.45) is -1.28. The first-order chi connectivity index (χ1) is 13.2. The van der Waals surface area contributed by atoms with Crippen molar-refractivity contribution in [3.8, 4) is 5.75 Å². The highest BCUT2D eigenvalue weighted by Crippen LogP contribution is 2.20. The number of nitrogens with one attached hydrogen (secondary N) is 1. The van der Waals surface area contributed by atoms with Crippen LogP contribution in [0.15, 0.2) is 54.6 Å². The number of benzene rings is 2. The topological polar surface area (TPSA) is 67.9 Å². The third kappa shape index (κ3) is 6.30. The van der Waals surface area contributed by atoms with E-state index in [1.165, 1.54) is 4.90 Å². The summed E-state index contributed by atoms with van der Waals surface area (Å²) in [6.45, 7) is 5.56. The highest BCUT2D eigenvalue weighted by molar-refractivity contribution is 5.97. The van der Waals surface area contributed by atoms with Crippen molar-refractivity contribution in [3.63, 3.8) is 0 Å². The zero-order valence-corrected chi connectivity index (χ0v) is 17.1. The Morgan fingerprint density at radius 3 is 2.18 bits per heavy atom. The number of carbonyl (C=O) groups excluding carboxylic acids is 2. The Bertz CT molecular complexity index is 782. The van der Waals surface area contributed by atoms with E-state index in [1.54, 1.807) is 38.4 Å². The van der Waals surface area contributed by atoms with E-state index in [-0.39, 0.29) is 12.3 Å². The molecule has 1 atom stereocenters. The SMILES string of the molecule is COc1ccc(N(C)C(=O)[C@H](Cc2ccccc2)OC(=O)NC(C)(C)C)cc1. The number of amides is 2. The van der Waals surface area contributed by atoms with E-state index in [0.29, 0.717) is 11.4 Å². The molecule has 150 valence electrons. The number of likely N-dealkylation sites (N-methyl/N-ethyl adjacent to an activating group) is 1. The van der Waals surface area contributed by atoms with Crippen molar-refractivity contribution in [3.05, 3.63) is 60.2 Å². The Balaban J connectivity index is 2.20. The molecule has 0 saturated heterocycles. The molecular weight excluding hydrogens is 356 g/mol. The molecule has 0 spiro atoms. The second-order valence-corrected chi connectivity index (χ2v) is 7.55. The quantitative estimate of drug-likeness (QED) is 0.823. The fourth-order valence-corrected chi connectivity index (χ4v) is 2.62. The van der Waals surface area contributed by atoms with Gasteiger partial charge in [0.1, 0.15) is 5.75 Å². The van der Waals surface area contributed by atoms with Gasteiger partial charge in [-0.05, 0) is 50.6 Å². The number of hydrogen-bond donors (Lipinski definition) is 1. The molecule has 1 N–H and O–H groups in total. The standard InChI is InChI=1S/C22H28N2O4/c1-22(2,3)23-21(26)28-19(15-16-9-7-6-8-10-16)20(25)24(4)17-11-13-18(27-5)14-12-17/h6-14,19H,15H2,1-5H3,(H,23,26)/t19-/m0/s1. The molecule has 0 aliphatic rings. The van der Waals surface area contributed by atoms with Crippen LogP contribution in [0.4, 0.5) is 10.5 Å². The summed E-state index contributed by atoms with van der Waals surface area (Å²) in [4.78, 5) is 26.9. The van der Waals surface area contributed by atoms with Gasteiger partial charge < -0.3 is 19.7 Å². The lowest BCUT2D eigenvalue weighted by Gasteiger charge is -2.26. The average Bonchev–Trinajstić information content (AvgIpc) is 2.65. The summed E-state index contributed by atoms with van der Waals surface area (Å²) in [5.41, 5.74) is 1.13. The Morgan fingerprint density at radius 1 is 1.04 bits per heavy atom. The molecule has 0 aromatic heterocycles. The van der Waals surface area contributed by atoms with Crippen LogP contribution in [-0.4, -0.2) is 37.8 Å². The van der Waals surface area contributed by atoms with Gasteiger partial charge in [-0.2, -0.15) is 0 Å². The third-order valence-electron chi connectivity index (χ3n) is 4.06. The molecule has 2 aromatic carbocycles. The molecule has 28 heavy (non-hydrogen) atoms. The summed E-state index contributed by atoms with van der Waals surface area (Å²) in [6, 6.07) is 16.6. The summed E-state index contributed by atoms with van der Waals surface area (Å²) in [5, 5.41) is 2.74. The van der Waals surface area contributed by atoms with Gasteiger partial charge in [0, 0.05) is 24.7 Å². The Hall–Kier alpha value is -3.02. The molecule has 0 bridgehead atoms. The molecule has 2 amide bonds. The molecule has 6 heteroatoms. The minimum atomic E-state index is -0.947. The van der Waals surface area contributed by atoms with Crippen molar-refractivity contribution in [2.75, 3.05) is 19.1 Å². The zero-order valence-electron chi connectivity index (χ0n) is 17.1. The normalized spacial score (nSPS) is 12.0. The Labute approximate surface area is 166 Å². The smallest absolute Gasteiger partial charge is 0.408 e. The van der Waals surface area contributed by atoms with Crippen molar-refractivity contribution in [2.45, 2.75) is 38.8 Å².